The quantitative estimate of drug-likeness (QED) is 0.547. The van der Waals surface area contributed by atoms with Gasteiger partial charge in [0.15, 0.2) is 0 Å². The number of rotatable bonds is 0. The smallest absolute Gasteiger partial charge is 0.302 e. The van der Waals surface area contributed by atoms with Gasteiger partial charge in [0.05, 0.1) is 7.11 Å². The predicted octanol–water partition coefficient (Wildman–Crippen LogP) is 0.502. The van der Waals surface area contributed by atoms with Crippen molar-refractivity contribution in [3.63, 3.8) is 0 Å². The molecule has 3 nitrogen and oxygen atoms in total. The topological polar surface area (TPSA) is 38.3 Å². The van der Waals surface area contributed by atoms with E-state index in [0.717, 1.165) is 0 Å². The van der Waals surface area contributed by atoms with E-state index in [-0.39, 0.29) is 5.97 Å². The van der Waals surface area contributed by atoms with Crippen molar-refractivity contribution in [3.8, 4) is 0 Å². The second kappa shape index (κ2) is 7.88. The minimum absolute atomic E-state index is 0.245. The summed E-state index contributed by atoms with van der Waals surface area (Å²) in [5, 5.41) is 3.26. The summed E-state index contributed by atoms with van der Waals surface area (Å²) in [5.41, 5.74) is 0. The van der Waals surface area contributed by atoms with Crippen molar-refractivity contribution >= 4 is 17.7 Å². The highest BCUT2D eigenvalue weighted by molar-refractivity contribution is 7.99. The summed E-state index contributed by atoms with van der Waals surface area (Å²) in [4.78, 5) is 9.59. The highest BCUT2D eigenvalue weighted by atomic mass is 32.2. The largest absolute Gasteiger partial charge is 0.469 e. The first-order chi connectivity index (χ1) is 5.27. The normalized spacial score (nSPS) is 16.2. The molecule has 1 rings (SSSR count). The summed E-state index contributed by atoms with van der Waals surface area (Å²) in [6.07, 6.45) is 0. The second-order valence-electron chi connectivity index (χ2n) is 2.06. The predicted molar refractivity (Wildman–Crippen MR) is 47.9 cm³/mol. The minimum Gasteiger partial charge on any atom is -0.469 e. The molecule has 0 amide bonds. The molecule has 1 aliphatic rings. The summed E-state index contributed by atoms with van der Waals surface area (Å²) >= 11 is 2.03. The van der Waals surface area contributed by atoms with Crippen LogP contribution in [0, 0.1) is 0 Å². The van der Waals surface area contributed by atoms with E-state index in [1.165, 1.54) is 38.6 Å². The monoisotopic (exact) mass is 177 g/mol. The van der Waals surface area contributed by atoms with E-state index in [1.807, 2.05) is 11.8 Å². The van der Waals surface area contributed by atoms with Gasteiger partial charge in [-0.2, -0.15) is 11.8 Å². The molecule has 1 aliphatic heterocycles. The van der Waals surface area contributed by atoms with E-state index in [0.29, 0.717) is 0 Å². The van der Waals surface area contributed by atoms with Crippen LogP contribution in [0.3, 0.4) is 0 Å². The van der Waals surface area contributed by atoms with Gasteiger partial charge in [-0.3, -0.25) is 4.79 Å². The molecule has 4 heteroatoms. The first kappa shape index (κ1) is 10.8. The molecule has 0 aliphatic carbocycles. The molecule has 0 radical (unpaired) electrons. The lowest BCUT2D eigenvalue weighted by Crippen LogP contribution is -2.24. The summed E-state index contributed by atoms with van der Waals surface area (Å²) in [6.45, 7) is 3.79. The number of methoxy groups -OCH3 is 1. The van der Waals surface area contributed by atoms with Gasteiger partial charge < -0.3 is 10.1 Å². The molecule has 0 aromatic carbocycles. The minimum atomic E-state index is -0.245. The second-order valence-corrected chi connectivity index (χ2v) is 3.28. The highest BCUT2D eigenvalue weighted by Crippen LogP contribution is 1.99. The van der Waals surface area contributed by atoms with Crippen molar-refractivity contribution in [2.75, 3.05) is 31.7 Å². The fourth-order valence-corrected chi connectivity index (χ4v) is 1.30. The van der Waals surface area contributed by atoms with Gasteiger partial charge in [-0.05, 0) is 0 Å². The van der Waals surface area contributed by atoms with Crippen molar-refractivity contribution in [2.45, 2.75) is 6.92 Å². The van der Waals surface area contributed by atoms with Crippen LogP contribution >= 0.6 is 11.8 Å². The Morgan fingerprint density at radius 2 is 1.91 bits per heavy atom. The maximum atomic E-state index is 9.59. The average molecular weight is 177 g/mol. The number of carbonyl (C=O) groups excluding carboxylic acids is 1. The van der Waals surface area contributed by atoms with Crippen molar-refractivity contribution in [1.82, 2.24) is 5.32 Å². The lowest BCUT2D eigenvalue weighted by molar-refractivity contribution is -0.137. The Hall–Kier alpha value is -0.220. The van der Waals surface area contributed by atoms with Crippen LogP contribution < -0.4 is 5.32 Å². The Morgan fingerprint density at radius 3 is 2.00 bits per heavy atom. The van der Waals surface area contributed by atoms with Crippen LogP contribution in [0.1, 0.15) is 6.92 Å². The molecule has 0 bridgehead atoms. The molecular formula is C7H15NO2S. The van der Waals surface area contributed by atoms with Crippen molar-refractivity contribution in [3.05, 3.63) is 0 Å². The van der Waals surface area contributed by atoms with Crippen LogP contribution in [0.2, 0.25) is 0 Å². The van der Waals surface area contributed by atoms with Gasteiger partial charge in [0.1, 0.15) is 0 Å². The SMILES string of the molecule is C1CSCCN1.COC(C)=O. The average Bonchev–Trinajstić information content (AvgIpc) is 2.09. The van der Waals surface area contributed by atoms with Gasteiger partial charge >= 0.3 is 5.97 Å². The van der Waals surface area contributed by atoms with Crippen molar-refractivity contribution in [2.24, 2.45) is 0 Å². The number of thioether (sulfide) groups is 1. The van der Waals surface area contributed by atoms with Crippen LogP contribution in [0.4, 0.5) is 0 Å². The first-order valence-corrected chi connectivity index (χ1v) is 4.76. The molecule has 0 unspecified atom stereocenters. The van der Waals surface area contributed by atoms with Crippen LogP contribution in [-0.2, 0) is 9.53 Å². The molecule has 11 heavy (non-hydrogen) atoms. The van der Waals surface area contributed by atoms with Gasteiger partial charge in [0.25, 0.3) is 0 Å². The third-order valence-electron chi connectivity index (χ3n) is 1.13. The number of hydrogen-bond acceptors (Lipinski definition) is 4. The van der Waals surface area contributed by atoms with Crippen molar-refractivity contribution in [1.29, 1.82) is 0 Å². The van der Waals surface area contributed by atoms with E-state index in [1.54, 1.807) is 0 Å². The Labute approximate surface area is 71.9 Å². The van der Waals surface area contributed by atoms with E-state index >= 15 is 0 Å². The Kier molecular flexibility index (Phi) is 7.72. The standard InChI is InChI=1S/C4H9NS.C3H6O2/c1-3-6-4-2-5-1;1-3(4)5-2/h5H,1-4H2;1-2H3. The van der Waals surface area contributed by atoms with Gasteiger partial charge in [0.2, 0.25) is 0 Å². The molecule has 1 heterocycles. The summed E-state index contributed by atoms with van der Waals surface area (Å²) in [7, 11) is 1.35. The molecule has 1 fully saturated rings. The van der Waals surface area contributed by atoms with Crippen LogP contribution in [0.15, 0.2) is 0 Å². The Balaban J connectivity index is 0.000000187. The van der Waals surface area contributed by atoms with E-state index < -0.39 is 0 Å². The number of carbonyl (C=O) groups is 1. The number of hydrogen-bond donors (Lipinski definition) is 1. The van der Waals surface area contributed by atoms with E-state index in [9.17, 15) is 4.79 Å². The van der Waals surface area contributed by atoms with E-state index in [2.05, 4.69) is 10.1 Å². The molecule has 1 N–H and O–H groups in total. The highest BCUT2D eigenvalue weighted by Gasteiger charge is 1.93. The fourth-order valence-electron chi connectivity index (χ4n) is 0.516. The molecule has 0 aromatic heterocycles. The molecule has 66 valence electrons. The third kappa shape index (κ3) is 9.78. The van der Waals surface area contributed by atoms with Gasteiger partial charge in [-0.1, -0.05) is 0 Å². The zero-order valence-corrected chi connectivity index (χ0v) is 7.87. The lowest BCUT2D eigenvalue weighted by atomic mass is 10.6. The molecular weight excluding hydrogens is 162 g/mol. The van der Waals surface area contributed by atoms with Crippen LogP contribution in [-0.4, -0.2) is 37.7 Å². The maximum absolute atomic E-state index is 9.59. The summed E-state index contributed by atoms with van der Waals surface area (Å²) in [5.74, 6) is 2.37. The lowest BCUT2D eigenvalue weighted by Gasteiger charge is -2.08. The van der Waals surface area contributed by atoms with Crippen molar-refractivity contribution < 1.29 is 9.53 Å². The van der Waals surface area contributed by atoms with Crippen LogP contribution in [0.5, 0.6) is 0 Å². The number of esters is 1. The Bertz CT molecular complexity index is 93.1. The van der Waals surface area contributed by atoms with Gasteiger partial charge in [-0.25, -0.2) is 0 Å². The molecule has 0 aromatic rings. The first-order valence-electron chi connectivity index (χ1n) is 3.60. The zero-order valence-electron chi connectivity index (χ0n) is 7.05. The number of nitrogens with one attached hydrogen (secondary N) is 1. The van der Waals surface area contributed by atoms with E-state index in [4.69, 9.17) is 0 Å². The third-order valence-corrected chi connectivity index (χ3v) is 2.12. The molecule has 0 spiro atoms. The molecule has 0 saturated carbocycles. The van der Waals surface area contributed by atoms with Gasteiger partial charge in [-0.15, -0.1) is 0 Å². The van der Waals surface area contributed by atoms with Crippen LogP contribution in [0.25, 0.3) is 0 Å². The maximum Gasteiger partial charge on any atom is 0.302 e. The molecule has 1 saturated heterocycles. The fraction of sp³-hybridized carbons (Fsp3) is 0.857. The number of ether oxygens (including phenoxy) is 1. The summed E-state index contributed by atoms with van der Waals surface area (Å²) < 4.78 is 4.11. The molecule has 0 atom stereocenters. The van der Waals surface area contributed by atoms with Gasteiger partial charge in [0, 0.05) is 31.5 Å². The Morgan fingerprint density at radius 1 is 1.45 bits per heavy atom. The summed E-state index contributed by atoms with van der Waals surface area (Å²) in [6, 6.07) is 0. The zero-order chi connectivity index (χ0) is 8.53.